The lowest BCUT2D eigenvalue weighted by molar-refractivity contribution is -0.125. The van der Waals surface area contributed by atoms with Crippen LogP contribution in [-0.4, -0.2) is 38.3 Å². The van der Waals surface area contributed by atoms with Crippen LogP contribution < -0.4 is 10.6 Å². The van der Waals surface area contributed by atoms with Gasteiger partial charge in [-0.2, -0.15) is 0 Å². The number of carbonyl (C=O) groups is 1. The number of fused-ring (bicyclic) bond motifs is 2. The maximum atomic E-state index is 11.9. The maximum Gasteiger partial charge on any atom is 0.224 e. The fraction of sp³-hybridized carbons (Fsp3) is 0.923. The molecule has 3 unspecified atom stereocenters. The van der Waals surface area contributed by atoms with Crippen LogP contribution in [0, 0.1) is 5.92 Å². The van der Waals surface area contributed by atoms with E-state index in [0.29, 0.717) is 12.1 Å². The van der Waals surface area contributed by atoms with Gasteiger partial charge in [0.25, 0.3) is 0 Å². The fourth-order valence-corrected chi connectivity index (χ4v) is 3.00. The SMILES string of the molecule is COCCCCCNC(=O)C1CC2CCC1N2. The summed E-state index contributed by atoms with van der Waals surface area (Å²) in [5.41, 5.74) is 0. The summed E-state index contributed by atoms with van der Waals surface area (Å²) in [6.45, 7) is 1.64. The Morgan fingerprint density at radius 1 is 1.35 bits per heavy atom. The van der Waals surface area contributed by atoms with Crippen molar-refractivity contribution in [2.75, 3.05) is 20.3 Å². The van der Waals surface area contributed by atoms with Gasteiger partial charge in [-0.05, 0) is 38.5 Å². The molecule has 0 radical (unpaired) electrons. The first kappa shape index (κ1) is 12.8. The van der Waals surface area contributed by atoms with Crippen molar-refractivity contribution >= 4 is 5.91 Å². The minimum Gasteiger partial charge on any atom is -0.385 e. The van der Waals surface area contributed by atoms with Gasteiger partial charge < -0.3 is 15.4 Å². The van der Waals surface area contributed by atoms with E-state index in [1.807, 2.05) is 0 Å². The molecule has 0 saturated carbocycles. The van der Waals surface area contributed by atoms with Gasteiger partial charge >= 0.3 is 0 Å². The summed E-state index contributed by atoms with van der Waals surface area (Å²) in [7, 11) is 1.73. The highest BCUT2D eigenvalue weighted by Crippen LogP contribution is 2.33. The molecule has 0 aromatic heterocycles. The number of unbranched alkanes of at least 4 members (excludes halogenated alkanes) is 2. The van der Waals surface area contributed by atoms with Crippen molar-refractivity contribution in [2.45, 2.75) is 50.6 Å². The van der Waals surface area contributed by atoms with Gasteiger partial charge in [-0.1, -0.05) is 0 Å². The summed E-state index contributed by atoms with van der Waals surface area (Å²) >= 11 is 0. The summed E-state index contributed by atoms with van der Waals surface area (Å²) in [4.78, 5) is 11.9. The van der Waals surface area contributed by atoms with Crippen molar-refractivity contribution in [3.8, 4) is 0 Å². The van der Waals surface area contributed by atoms with Gasteiger partial charge in [0.1, 0.15) is 0 Å². The van der Waals surface area contributed by atoms with Crippen LogP contribution in [0.25, 0.3) is 0 Å². The molecular weight excluding hydrogens is 216 g/mol. The topological polar surface area (TPSA) is 50.4 Å². The fourth-order valence-electron chi connectivity index (χ4n) is 3.00. The first-order valence-electron chi connectivity index (χ1n) is 6.84. The predicted molar refractivity (Wildman–Crippen MR) is 66.8 cm³/mol. The minimum absolute atomic E-state index is 0.229. The van der Waals surface area contributed by atoms with Gasteiger partial charge in [-0.3, -0.25) is 4.79 Å². The minimum atomic E-state index is 0.229. The standard InChI is InChI=1S/C13H24N2O2/c1-17-8-4-2-3-7-14-13(16)11-9-10-5-6-12(11)15-10/h10-12,15H,2-9H2,1H3,(H,14,16). The normalized spacial score (nSPS) is 30.8. The Kier molecular flexibility index (Phi) is 4.80. The van der Waals surface area contributed by atoms with Crippen LogP contribution in [0.3, 0.4) is 0 Å². The van der Waals surface area contributed by atoms with Gasteiger partial charge in [-0.25, -0.2) is 0 Å². The summed E-state index contributed by atoms with van der Waals surface area (Å²) in [5, 5.41) is 6.57. The first-order chi connectivity index (χ1) is 8.31. The second-order valence-corrected chi connectivity index (χ2v) is 5.23. The van der Waals surface area contributed by atoms with Gasteiger partial charge in [0.15, 0.2) is 0 Å². The zero-order valence-corrected chi connectivity index (χ0v) is 10.7. The molecule has 2 fully saturated rings. The highest BCUT2D eigenvalue weighted by atomic mass is 16.5. The van der Waals surface area contributed by atoms with Crippen molar-refractivity contribution in [2.24, 2.45) is 5.92 Å². The maximum absolute atomic E-state index is 11.9. The van der Waals surface area contributed by atoms with Gasteiger partial charge in [0.2, 0.25) is 5.91 Å². The lowest BCUT2D eigenvalue weighted by Crippen LogP contribution is -2.37. The molecule has 0 spiro atoms. The smallest absolute Gasteiger partial charge is 0.224 e. The van der Waals surface area contributed by atoms with E-state index in [1.165, 1.54) is 12.8 Å². The summed E-state index contributed by atoms with van der Waals surface area (Å²) in [6, 6.07) is 1.06. The third kappa shape index (κ3) is 3.42. The number of hydrogen-bond donors (Lipinski definition) is 2. The Morgan fingerprint density at radius 2 is 2.24 bits per heavy atom. The van der Waals surface area contributed by atoms with Gasteiger partial charge in [0.05, 0.1) is 5.92 Å². The van der Waals surface area contributed by atoms with Crippen molar-refractivity contribution in [3.63, 3.8) is 0 Å². The van der Waals surface area contributed by atoms with Gasteiger partial charge in [-0.15, -0.1) is 0 Å². The molecule has 98 valence electrons. The van der Waals surface area contributed by atoms with Crippen LogP contribution in [-0.2, 0) is 9.53 Å². The molecule has 3 atom stereocenters. The number of ether oxygens (including phenoxy) is 1. The zero-order valence-electron chi connectivity index (χ0n) is 10.7. The van der Waals surface area contributed by atoms with Crippen LogP contribution in [0.1, 0.15) is 38.5 Å². The highest BCUT2D eigenvalue weighted by molar-refractivity contribution is 5.80. The molecule has 4 nitrogen and oxygen atoms in total. The molecule has 1 amide bonds. The van der Waals surface area contributed by atoms with Crippen LogP contribution in [0.5, 0.6) is 0 Å². The van der Waals surface area contributed by atoms with Crippen molar-refractivity contribution in [1.82, 2.24) is 10.6 Å². The second-order valence-electron chi connectivity index (χ2n) is 5.23. The van der Waals surface area contributed by atoms with E-state index in [0.717, 1.165) is 38.8 Å². The van der Waals surface area contributed by atoms with Crippen LogP contribution in [0.2, 0.25) is 0 Å². The number of hydrogen-bond acceptors (Lipinski definition) is 3. The lowest BCUT2D eigenvalue weighted by Gasteiger charge is -2.19. The molecule has 4 heteroatoms. The van der Waals surface area contributed by atoms with E-state index in [1.54, 1.807) is 7.11 Å². The number of amides is 1. The highest BCUT2D eigenvalue weighted by Gasteiger charge is 2.42. The predicted octanol–water partition coefficient (Wildman–Crippen LogP) is 1.06. The average Bonchev–Trinajstić information content (AvgIpc) is 2.95. The largest absolute Gasteiger partial charge is 0.385 e. The van der Waals surface area contributed by atoms with Crippen molar-refractivity contribution < 1.29 is 9.53 Å². The molecular formula is C13H24N2O2. The molecule has 0 aromatic rings. The molecule has 0 aromatic carbocycles. The Bertz CT molecular complexity index is 258. The van der Waals surface area contributed by atoms with E-state index in [9.17, 15) is 4.79 Å². The third-order valence-corrected chi connectivity index (χ3v) is 3.96. The molecule has 17 heavy (non-hydrogen) atoms. The summed E-state index contributed by atoms with van der Waals surface area (Å²) in [5.74, 6) is 0.490. The molecule has 2 aliphatic heterocycles. The van der Waals surface area contributed by atoms with E-state index < -0.39 is 0 Å². The third-order valence-electron chi connectivity index (χ3n) is 3.96. The number of methoxy groups -OCH3 is 1. The number of rotatable bonds is 7. The second kappa shape index (κ2) is 6.36. The molecule has 2 aliphatic rings. The van der Waals surface area contributed by atoms with E-state index in [4.69, 9.17) is 4.74 Å². The Hall–Kier alpha value is -0.610. The van der Waals surface area contributed by atoms with Crippen LogP contribution in [0.4, 0.5) is 0 Å². The Labute approximate surface area is 103 Å². The van der Waals surface area contributed by atoms with Crippen molar-refractivity contribution in [1.29, 1.82) is 0 Å². The average molecular weight is 240 g/mol. The van der Waals surface area contributed by atoms with E-state index >= 15 is 0 Å². The molecule has 2 bridgehead atoms. The zero-order chi connectivity index (χ0) is 12.1. The van der Waals surface area contributed by atoms with Crippen molar-refractivity contribution in [3.05, 3.63) is 0 Å². The summed E-state index contributed by atoms with van der Waals surface area (Å²) in [6.07, 6.45) is 6.75. The quantitative estimate of drug-likeness (QED) is 0.654. The number of carbonyl (C=O) groups excluding carboxylic acids is 1. The molecule has 2 rings (SSSR count). The first-order valence-corrected chi connectivity index (χ1v) is 6.84. The lowest BCUT2D eigenvalue weighted by atomic mass is 9.88. The Balaban J connectivity index is 1.55. The Morgan fingerprint density at radius 3 is 2.88 bits per heavy atom. The molecule has 2 saturated heterocycles. The molecule has 2 N–H and O–H groups in total. The monoisotopic (exact) mass is 240 g/mol. The van der Waals surface area contributed by atoms with Crippen LogP contribution in [0.15, 0.2) is 0 Å². The van der Waals surface area contributed by atoms with E-state index in [2.05, 4.69) is 10.6 Å². The van der Waals surface area contributed by atoms with Gasteiger partial charge in [0, 0.05) is 32.3 Å². The summed E-state index contributed by atoms with van der Waals surface area (Å²) < 4.78 is 4.99. The molecule has 2 heterocycles. The molecule has 0 aliphatic carbocycles. The van der Waals surface area contributed by atoms with E-state index in [-0.39, 0.29) is 11.8 Å². The van der Waals surface area contributed by atoms with Crippen LogP contribution >= 0.6 is 0 Å². The number of nitrogens with one attached hydrogen (secondary N) is 2.